The van der Waals surface area contributed by atoms with Crippen molar-refractivity contribution in [1.29, 1.82) is 0 Å². The van der Waals surface area contributed by atoms with Gasteiger partial charge in [-0.05, 0) is 23.5 Å². The van der Waals surface area contributed by atoms with Crippen LogP contribution in [0.1, 0.15) is 41.5 Å². The Labute approximate surface area is 256 Å². The Balaban J connectivity index is 0. The molecule has 198 valence electrons. The smallest absolute Gasteiger partial charge is 0.0160 e. The first kappa shape index (κ1) is 36.9. The standard InChI is InChI=1S/2C11H8N.2C4H10S.2Ir/c2*1-2-6-10(7-3-1)11-8-4-5-9-12-11;2*1-4(2,3)5;;/h2*1-6,8-9H;2*5H,1-3H3;;/q2*-1;;;;/p-2. The van der Waals surface area contributed by atoms with Gasteiger partial charge in [0.25, 0.3) is 0 Å². The van der Waals surface area contributed by atoms with Gasteiger partial charge in [-0.1, -0.05) is 65.8 Å². The van der Waals surface area contributed by atoms with Crippen molar-refractivity contribution in [2.24, 2.45) is 0 Å². The summed E-state index contributed by atoms with van der Waals surface area (Å²) in [6, 6.07) is 33.6. The van der Waals surface area contributed by atoms with Crippen molar-refractivity contribution in [3.05, 3.63) is 109 Å². The third-order valence-corrected chi connectivity index (χ3v) is 3.30. The molecule has 2 nitrogen and oxygen atoms in total. The van der Waals surface area contributed by atoms with Crippen LogP contribution in [-0.2, 0) is 65.5 Å². The van der Waals surface area contributed by atoms with Crippen molar-refractivity contribution < 1.29 is 40.2 Å². The van der Waals surface area contributed by atoms with Crippen LogP contribution in [0.3, 0.4) is 0 Å². The van der Waals surface area contributed by atoms with Gasteiger partial charge in [0.2, 0.25) is 0 Å². The summed E-state index contributed by atoms with van der Waals surface area (Å²) in [6.45, 7) is 12.0. The molecule has 36 heavy (non-hydrogen) atoms. The van der Waals surface area contributed by atoms with Gasteiger partial charge >= 0.3 is 0 Å². The average molecular weight is 871 g/mol. The van der Waals surface area contributed by atoms with Crippen molar-refractivity contribution in [3.8, 4) is 22.5 Å². The van der Waals surface area contributed by atoms with E-state index in [1.165, 1.54) is 0 Å². The molecule has 0 aliphatic carbocycles. The molecule has 2 heterocycles. The fraction of sp³-hybridized carbons (Fsp3) is 0.267. The number of hydrogen-bond acceptors (Lipinski definition) is 4. The van der Waals surface area contributed by atoms with Crippen LogP contribution in [0.4, 0.5) is 0 Å². The normalized spacial score (nSPS) is 9.78. The summed E-state index contributed by atoms with van der Waals surface area (Å²) < 4.78 is 0.167. The first-order valence-corrected chi connectivity index (χ1v) is 11.9. The molecule has 0 N–H and O–H groups in total. The topological polar surface area (TPSA) is 25.8 Å². The van der Waals surface area contributed by atoms with Gasteiger partial charge < -0.3 is 35.2 Å². The second-order valence-electron chi connectivity index (χ2n) is 9.21. The molecule has 0 amide bonds. The van der Waals surface area contributed by atoms with Gasteiger partial charge in [-0.15, -0.1) is 71.8 Å². The molecule has 0 unspecified atom stereocenters. The minimum absolute atomic E-state index is 0. The number of nitrogens with zero attached hydrogens (tertiary/aromatic N) is 2. The molecule has 0 aliphatic rings. The van der Waals surface area contributed by atoms with Crippen LogP contribution in [0.2, 0.25) is 0 Å². The summed E-state index contributed by atoms with van der Waals surface area (Å²) in [7, 11) is 0. The summed E-state index contributed by atoms with van der Waals surface area (Å²) in [4.78, 5) is 8.44. The quantitative estimate of drug-likeness (QED) is 0.152. The van der Waals surface area contributed by atoms with Gasteiger partial charge in [-0.25, -0.2) is 0 Å². The molecule has 0 aliphatic heterocycles. The summed E-state index contributed by atoms with van der Waals surface area (Å²) >= 11 is 9.65. The van der Waals surface area contributed by atoms with Gasteiger partial charge in [-0.3, -0.25) is 0 Å². The summed E-state index contributed by atoms with van der Waals surface area (Å²) in [6.07, 6.45) is 3.58. The molecule has 0 bridgehead atoms. The predicted molar refractivity (Wildman–Crippen MR) is 151 cm³/mol. The van der Waals surface area contributed by atoms with E-state index in [1.807, 2.05) is 126 Å². The first-order valence-electron chi connectivity index (χ1n) is 11.1. The number of rotatable bonds is 2. The van der Waals surface area contributed by atoms with E-state index in [1.54, 1.807) is 12.4 Å². The molecular formula is C30H34Ir2N2S2-4. The fourth-order valence-electron chi connectivity index (χ4n) is 2.15. The maximum Gasteiger partial charge on any atom is 0.0160 e. The minimum Gasteiger partial charge on any atom is -0.787 e. The van der Waals surface area contributed by atoms with E-state index < -0.39 is 0 Å². The third-order valence-electron chi connectivity index (χ3n) is 3.30. The van der Waals surface area contributed by atoms with E-state index in [0.717, 1.165) is 22.5 Å². The van der Waals surface area contributed by atoms with Crippen LogP contribution in [0.15, 0.2) is 97.3 Å². The predicted octanol–water partition coefficient (Wildman–Crippen LogP) is 7.76. The van der Waals surface area contributed by atoms with E-state index in [4.69, 9.17) is 25.3 Å². The molecule has 2 radical (unpaired) electrons. The van der Waals surface area contributed by atoms with Crippen molar-refractivity contribution in [2.45, 2.75) is 51.0 Å². The van der Waals surface area contributed by atoms with E-state index in [0.29, 0.717) is 0 Å². The van der Waals surface area contributed by atoms with Crippen molar-refractivity contribution >= 4 is 25.3 Å². The van der Waals surface area contributed by atoms with Gasteiger partial charge in [0, 0.05) is 52.6 Å². The molecule has 4 rings (SSSR count). The van der Waals surface area contributed by atoms with Gasteiger partial charge in [0.15, 0.2) is 0 Å². The number of aromatic nitrogens is 2. The Bertz CT molecular complexity index is 847. The Hall–Kier alpha value is -1.26. The number of hydrogen-bond donors (Lipinski definition) is 0. The summed E-state index contributed by atoms with van der Waals surface area (Å²) in [5, 5.41) is 0. The fourth-order valence-corrected chi connectivity index (χ4v) is 2.15. The van der Waals surface area contributed by atoms with Crippen LogP contribution in [0, 0.1) is 12.1 Å². The van der Waals surface area contributed by atoms with E-state index in [-0.39, 0.29) is 49.7 Å². The van der Waals surface area contributed by atoms with E-state index in [9.17, 15) is 0 Å². The average Bonchev–Trinajstić information content (AvgIpc) is 2.80. The summed E-state index contributed by atoms with van der Waals surface area (Å²) in [5.41, 5.74) is 4.02. The number of benzene rings is 2. The Morgan fingerprint density at radius 1 is 0.528 bits per heavy atom. The maximum atomic E-state index is 4.83. The zero-order valence-electron chi connectivity index (χ0n) is 21.6. The van der Waals surface area contributed by atoms with E-state index in [2.05, 4.69) is 22.1 Å². The van der Waals surface area contributed by atoms with Crippen LogP contribution in [0.5, 0.6) is 0 Å². The van der Waals surface area contributed by atoms with Crippen LogP contribution in [-0.4, -0.2) is 19.5 Å². The zero-order chi connectivity index (χ0) is 25.5. The largest absolute Gasteiger partial charge is 0.787 e. The molecule has 4 aromatic rings. The molecule has 2 aromatic heterocycles. The zero-order valence-corrected chi connectivity index (χ0v) is 28.0. The van der Waals surface area contributed by atoms with Crippen molar-refractivity contribution in [2.75, 3.05) is 0 Å². The molecule has 6 heteroatoms. The monoisotopic (exact) mass is 872 g/mol. The molecule has 0 saturated heterocycles. The SMILES string of the molecule is CC(C)(C)[S-].CC(C)(C)[S-].[Ir].[Ir].[c-]1ccccc1-c1ccccn1.[c-]1ccccc1-c1ccccn1. The Morgan fingerprint density at radius 2 is 0.833 bits per heavy atom. The summed E-state index contributed by atoms with van der Waals surface area (Å²) in [5.74, 6) is 0. The van der Waals surface area contributed by atoms with E-state index >= 15 is 0 Å². The number of pyridine rings is 2. The van der Waals surface area contributed by atoms with Crippen LogP contribution < -0.4 is 0 Å². The molecule has 0 spiro atoms. The first-order chi connectivity index (χ1) is 15.9. The van der Waals surface area contributed by atoms with Crippen molar-refractivity contribution in [3.63, 3.8) is 0 Å². The van der Waals surface area contributed by atoms with Gasteiger partial charge in [0.05, 0.1) is 0 Å². The van der Waals surface area contributed by atoms with Gasteiger partial charge in [0.1, 0.15) is 0 Å². The Kier molecular flexibility index (Phi) is 20.3. The van der Waals surface area contributed by atoms with Gasteiger partial charge in [-0.2, -0.15) is 9.49 Å². The molecule has 0 atom stereocenters. The molecule has 2 aromatic carbocycles. The molecule has 0 fully saturated rings. The van der Waals surface area contributed by atoms with Crippen LogP contribution in [0.25, 0.3) is 22.5 Å². The third kappa shape index (κ3) is 22.0. The second-order valence-corrected chi connectivity index (χ2v) is 11.7. The minimum atomic E-state index is 0. The second kappa shape index (κ2) is 19.8. The van der Waals surface area contributed by atoms with Crippen LogP contribution >= 0.6 is 0 Å². The maximum absolute atomic E-state index is 4.83. The molecular weight excluding hydrogens is 837 g/mol. The Morgan fingerprint density at radius 3 is 1.06 bits per heavy atom. The van der Waals surface area contributed by atoms with Crippen molar-refractivity contribution in [1.82, 2.24) is 9.97 Å². The molecule has 0 saturated carbocycles.